The Labute approximate surface area is 165 Å². The molecule has 4 N–H and O–H groups in total. The molecule has 1 aromatic carbocycles. The molecule has 0 unspecified atom stereocenters. The van der Waals surface area contributed by atoms with E-state index >= 15 is 0 Å². The summed E-state index contributed by atoms with van der Waals surface area (Å²) in [6, 6.07) is 7.55. The van der Waals surface area contributed by atoms with E-state index < -0.39 is 29.7 Å². The molecule has 0 fully saturated rings. The van der Waals surface area contributed by atoms with Gasteiger partial charge in [-0.3, -0.25) is 19.2 Å². The maximum Gasteiger partial charge on any atom is 0.243 e. The molecular weight excluding hydrogens is 360 g/mol. The van der Waals surface area contributed by atoms with E-state index in [9.17, 15) is 19.2 Å². The number of Topliss-reactive ketones (excluding diaryl/α,β-unsaturated/α-hetero) is 1. The highest BCUT2D eigenvalue weighted by Crippen LogP contribution is 2.06. The average Bonchev–Trinajstić information content (AvgIpc) is 2.67. The molecule has 8 nitrogen and oxygen atoms in total. The van der Waals surface area contributed by atoms with E-state index in [-0.39, 0.29) is 31.2 Å². The first-order chi connectivity index (χ1) is 13.2. The number of carbonyl (C=O) groups excluding carboxylic acids is 4. The largest absolute Gasteiger partial charge is 0.350 e. The molecule has 0 aliphatic heterocycles. The predicted octanol–water partition coefficient (Wildman–Crippen LogP) is 0.947. The van der Waals surface area contributed by atoms with Gasteiger partial charge in [0, 0.05) is 19.9 Å². The smallest absolute Gasteiger partial charge is 0.243 e. The Morgan fingerprint density at radius 1 is 1.04 bits per heavy atom. The van der Waals surface area contributed by atoms with Crippen molar-refractivity contribution in [1.82, 2.24) is 16.0 Å². The van der Waals surface area contributed by atoms with Crippen LogP contribution < -0.4 is 16.0 Å². The normalized spacial score (nSPS) is 12.6. The first-order valence-electron chi connectivity index (χ1n) is 9.17. The van der Waals surface area contributed by atoms with Crippen LogP contribution in [0.25, 0.3) is 0 Å². The highest BCUT2D eigenvalue weighted by molar-refractivity contribution is 6.26. The molecule has 1 rings (SSSR count). The Morgan fingerprint density at radius 2 is 1.68 bits per heavy atom. The molecule has 0 saturated heterocycles. The molecule has 2 atom stereocenters. The van der Waals surface area contributed by atoms with Crippen molar-refractivity contribution >= 4 is 29.7 Å². The third-order valence-electron chi connectivity index (χ3n) is 4.09. The Morgan fingerprint density at radius 3 is 2.21 bits per heavy atom. The zero-order chi connectivity index (χ0) is 21.1. The maximum atomic E-state index is 12.6. The number of hydrogen-bond donors (Lipinski definition) is 4. The number of benzene rings is 1. The van der Waals surface area contributed by atoms with Crippen molar-refractivity contribution in [3.8, 4) is 0 Å². The van der Waals surface area contributed by atoms with Gasteiger partial charge >= 0.3 is 0 Å². The first kappa shape index (κ1) is 23.0. The number of nitrogens with one attached hydrogen (secondary N) is 4. The Balaban J connectivity index is 2.82. The van der Waals surface area contributed by atoms with E-state index in [0.29, 0.717) is 6.21 Å². The molecule has 152 valence electrons. The average molecular weight is 388 g/mol. The van der Waals surface area contributed by atoms with E-state index in [1.807, 2.05) is 30.3 Å². The molecular formula is C20H28N4O4. The summed E-state index contributed by atoms with van der Waals surface area (Å²) < 4.78 is 0. The zero-order valence-electron chi connectivity index (χ0n) is 16.5. The van der Waals surface area contributed by atoms with Crippen LogP contribution in [0.15, 0.2) is 30.3 Å². The molecule has 0 radical (unpaired) electrons. The lowest BCUT2D eigenvalue weighted by molar-refractivity contribution is -0.132. The summed E-state index contributed by atoms with van der Waals surface area (Å²) in [5.41, 5.74) is 0.898. The number of ketones is 1. The second-order valence-electron chi connectivity index (χ2n) is 6.84. The van der Waals surface area contributed by atoms with Gasteiger partial charge < -0.3 is 21.4 Å². The summed E-state index contributed by atoms with van der Waals surface area (Å²) in [6.07, 6.45) is 0.708. The van der Waals surface area contributed by atoms with Gasteiger partial charge in [0.05, 0.1) is 6.21 Å². The highest BCUT2D eigenvalue weighted by Gasteiger charge is 2.28. The van der Waals surface area contributed by atoms with Gasteiger partial charge in [0.1, 0.15) is 12.1 Å². The second-order valence-corrected chi connectivity index (χ2v) is 6.84. The van der Waals surface area contributed by atoms with Crippen molar-refractivity contribution in [3.05, 3.63) is 35.9 Å². The standard InChI is InChI=1S/C20H28N4O4/c1-13(2)18(23-14(3)25)20(28)24-17(10-9-16(26)11-21)19(27)22-12-15-7-5-4-6-8-15/h4-8,11,13,17-18,21H,9-10,12H2,1-3H3,(H,22,27)(H,23,25)(H,24,28)/t17-,18-/m0/s1. The van der Waals surface area contributed by atoms with Crippen molar-refractivity contribution in [1.29, 1.82) is 5.41 Å². The van der Waals surface area contributed by atoms with Gasteiger partial charge in [0.15, 0.2) is 5.78 Å². The lowest BCUT2D eigenvalue weighted by Crippen LogP contribution is -2.55. The molecule has 8 heteroatoms. The predicted molar refractivity (Wildman–Crippen MR) is 106 cm³/mol. The number of rotatable bonds is 11. The lowest BCUT2D eigenvalue weighted by Gasteiger charge is -2.24. The minimum absolute atomic E-state index is 0.0420. The van der Waals surface area contributed by atoms with Crippen LogP contribution in [0.2, 0.25) is 0 Å². The molecule has 0 heterocycles. The molecule has 0 aliphatic carbocycles. The number of carbonyl (C=O) groups is 4. The monoisotopic (exact) mass is 388 g/mol. The zero-order valence-corrected chi connectivity index (χ0v) is 16.5. The quantitative estimate of drug-likeness (QED) is 0.421. The summed E-state index contributed by atoms with van der Waals surface area (Å²) in [4.78, 5) is 48.0. The number of amides is 3. The topological polar surface area (TPSA) is 128 Å². The van der Waals surface area contributed by atoms with Crippen LogP contribution in [0.1, 0.15) is 39.2 Å². The van der Waals surface area contributed by atoms with E-state index in [0.717, 1.165) is 5.56 Å². The van der Waals surface area contributed by atoms with Crippen LogP contribution in [0.3, 0.4) is 0 Å². The molecule has 0 saturated carbocycles. The van der Waals surface area contributed by atoms with Crippen molar-refractivity contribution < 1.29 is 19.2 Å². The van der Waals surface area contributed by atoms with Gasteiger partial charge in [-0.2, -0.15) is 0 Å². The van der Waals surface area contributed by atoms with Gasteiger partial charge in [-0.1, -0.05) is 44.2 Å². The molecule has 0 aromatic heterocycles. The first-order valence-corrected chi connectivity index (χ1v) is 9.17. The minimum atomic E-state index is -0.949. The molecule has 0 aliphatic rings. The van der Waals surface area contributed by atoms with Crippen LogP contribution in [0, 0.1) is 11.3 Å². The SMILES string of the molecule is CC(=O)N[C@H](C(=O)N[C@@H](CCC(=O)C=N)C(=O)NCc1ccccc1)C(C)C. The Bertz CT molecular complexity index is 703. The number of hydrogen-bond acceptors (Lipinski definition) is 5. The third-order valence-corrected chi connectivity index (χ3v) is 4.09. The van der Waals surface area contributed by atoms with Crippen LogP contribution in [-0.4, -0.2) is 41.8 Å². The van der Waals surface area contributed by atoms with Gasteiger partial charge in [0.25, 0.3) is 0 Å². The summed E-state index contributed by atoms with van der Waals surface area (Å²) >= 11 is 0. The summed E-state index contributed by atoms with van der Waals surface area (Å²) in [7, 11) is 0. The molecule has 0 bridgehead atoms. The second kappa shape index (κ2) is 11.6. The molecule has 3 amide bonds. The van der Waals surface area contributed by atoms with E-state index in [2.05, 4.69) is 16.0 Å². The van der Waals surface area contributed by atoms with Crippen molar-refractivity contribution in [2.24, 2.45) is 5.92 Å². The van der Waals surface area contributed by atoms with Crippen molar-refractivity contribution in [2.45, 2.75) is 52.2 Å². The summed E-state index contributed by atoms with van der Waals surface area (Å²) in [5, 5.41) is 14.9. The fraction of sp³-hybridized carbons (Fsp3) is 0.450. The van der Waals surface area contributed by atoms with Gasteiger partial charge in [-0.15, -0.1) is 0 Å². The molecule has 1 aromatic rings. The van der Waals surface area contributed by atoms with Crippen molar-refractivity contribution in [3.63, 3.8) is 0 Å². The maximum absolute atomic E-state index is 12.6. The summed E-state index contributed by atoms with van der Waals surface area (Å²) in [6.45, 7) is 5.16. The summed E-state index contributed by atoms with van der Waals surface area (Å²) in [5.74, 6) is -1.89. The van der Waals surface area contributed by atoms with Crippen LogP contribution >= 0.6 is 0 Å². The highest BCUT2D eigenvalue weighted by atomic mass is 16.2. The fourth-order valence-electron chi connectivity index (χ4n) is 2.55. The van der Waals surface area contributed by atoms with Crippen LogP contribution in [0.4, 0.5) is 0 Å². The fourth-order valence-corrected chi connectivity index (χ4v) is 2.55. The Hall–Kier alpha value is -3.03. The van der Waals surface area contributed by atoms with E-state index in [1.165, 1.54) is 6.92 Å². The third kappa shape index (κ3) is 8.11. The molecule has 0 spiro atoms. The van der Waals surface area contributed by atoms with Gasteiger partial charge in [-0.25, -0.2) is 0 Å². The van der Waals surface area contributed by atoms with Gasteiger partial charge in [-0.05, 0) is 17.9 Å². The van der Waals surface area contributed by atoms with Crippen LogP contribution in [-0.2, 0) is 25.7 Å². The molecule has 28 heavy (non-hydrogen) atoms. The Kier molecular flexibility index (Phi) is 9.56. The van der Waals surface area contributed by atoms with Gasteiger partial charge in [0.2, 0.25) is 17.7 Å². The lowest BCUT2D eigenvalue weighted by atomic mass is 10.0. The minimum Gasteiger partial charge on any atom is -0.350 e. The van der Waals surface area contributed by atoms with Crippen LogP contribution in [0.5, 0.6) is 0 Å². The van der Waals surface area contributed by atoms with E-state index in [1.54, 1.807) is 13.8 Å². The van der Waals surface area contributed by atoms with E-state index in [4.69, 9.17) is 5.41 Å². The van der Waals surface area contributed by atoms with Crippen molar-refractivity contribution in [2.75, 3.05) is 0 Å².